The molecule has 1 fully saturated rings. The number of nitriles is 1. The molecule has 146 valence electrons. The number of nitrogens with zero attached hydrogens (tertiary/aromatic N) is 6. The van der Waals surface area contributed by atoms with Crippen LogP contribution in [0.25, 0.3) is 27.9 Å². The van der Waals surface area contributed by atoms with Crippen molar-refractivity contribution in [2.24, 2.45) is 7.05 Å². The predicted molar refractivity (Wildman–Crippen MR) is 112 cm³/mol. The highest BCUT2D eigenvalue weighted by molar-refractivity contribution is 6.01. The van der Waals surface area contributed by atoms with E-state index < -0.39 is 0 Å². The second kappa shape index (κ2) is 6.04. The molecule has 0 saturated heterocycles. The van der Waals surface area contributed by atoms with Crippen molar-refractivity contribution >= 4 is 22.5 Å². The molecular weight excluding hydrogens is 376 g/mol. The van der Waals surface area contributed by atoms with E-state index in [1.54, 1.807) is 23.1 Å². The summed E-state index contributed by atoms with van der Waals surface area (Å²) >= 11 is 0. The van der Waals surface area contributed by atoms with Gasteiger partial charge in [0, 0.05) is 36.4 Å². The summed E-state index contributed by atoms with van der Waals surface area (Å²) in [5, 5.41) is 14.9. The molecule has 1 saturated carbocycles. The van der Waals surface area contributed by atoms with Crippen molar-refractivity contribution in [2.75, 3.05) is 0 Å². The monoisotopic (exact) mass is 394 g/mol. The van der Waals surface area contributed by atoms with Crippen molar-refractivity contribution in [1.82, 2.24) is 24.1 Å². The first-order chi connectivity index (χ1) is 14.6. The van der Waals surface area contributed by atoms with Crippen LogP contribution in [0.15, 0.2) is 54.5 Å². The number of amides is 1. The predicted octanol–water partition coefficient (Wildman–Crippen LogP) is 3.65. The van der Waals surface area contributed by atoms with E-state index in [2.05, 4.69) is 11.1 Å². The Kier molecular flexibility index (Phi) is 3.42. The minimum absolute atomic E-state index is 0.0489. The van der Waals surface area contributed by atoms with Crippen LogP contribution in [0.3, 0.4) is 0 Å². The summed E-state index contributed by atoms with van der Waals surface area (Å²) in [6.07, 6.45) is 8.76. The molecule has 2 bridgehead atoms. The number of fused-ring (bicyclic) bond motifs is 4. The topological polar surface area (TPSA) is 79.2 Å². The van der Waals surface area contributed by atoms with E-state index in [4.69, 9.17) is 5.10 Å². The van der Waals surface area contributed by atoms with Gasteiger partial charge in [-0.2, -0.15) is 10.4 Å². The largest absolute Gasteiger partial charge is 0.312 e. The van der Waals surface area contributed by atoms with Gasteiger partial charge in [0.15, 0.2) is 0 Å². The molecule has 1 aromatic carbocycles. The van der Waals surface area contributed by atoms with Crippen molar-refractivity contribution in [3.05, 3.63) is 65.6 Å². The number of benzene rings is 1. The van der Waals surface area contributed by atoms with Crippen molar-refractivity contribution < 1.29 is 4.79 Å². The fourth-order valence-electron chi connectivity index (χ4n) is 4.69. The fourth-order valence-corrected chi connectivity index (χ4v) is 4.69. The van der Waals surface area contributed by atoms with Gasteiger partial charge in [0.2, 0.25) is 0 Å². The smallest absolute Gasteiger partial charge is 0.258 e. The molecule has 1 unspecified atom stereocenters. The lowest BCUT2D eigenvalue weighted by atomic mass is 10.1. The second-order valence-electron chi connectivity index (χ2n) is 8.00. The number of pyridine rings is 1. The molecule has 30 heavy (non-hydrogen) atoms. The van der Waals surface area contributed by atoms with Crippen LogP contribution in [0.5, 0.6) is 0 Å². The summed E-state index contributed by atoms with van der Waals surface area (Å²) in [7, 11) is 1.88. The van der Waals surface area contributed by atoms with E-state index in [0.717, 1.165) is 47.2 Å². The number of aromatic nitrogens is 4. The SMILES string of the molecule is Cn1nc(-c2cnc3ccc(C#N)cn23)c2ccc(C(=O)N3C=C4CCC3C4)cc21. The summed E-state index contributed by atoms with van der Waals surface area (Å²) in [4.78, 5) is 19.4. The number of carbonyl (C=O) groups excluding carboxylic acids is 1. The molecule has 0 radical (unpaired) electrons. The zero-order valence-electron chi connectivity index (χ0n) is 16.4. The molecule has 1 aliphatic heterocycles. The van der Waals surface area contributed by atoms with E-state index in [-0.39, 0.29) is 5.91 Å². The zero-order valence-corrected chi connectivity index (χ0v) is 16.4. The summed E-state index contributed by atoms with van der Waals surface area (Å²) in [6, 6.07) is 11.8. The Morgan fingerprint density at radius 1 is 1.27 bits per heavy atom. The number of rotatable bonds is 2. The minimum Gasteiger partial charge on any atom is -0.312 e. The van der Waals surface area contributed by atoms with Crippen molar-refractivity contribution in [3.63, 3.8) is 0 Å². The molecule has 0 spiro atoms. The van der Waals surface area contributed by atoms with Crippen molar-refractivity contribution in [1.29, 1.82) is 5.26 Å². The van der Waals surface area contributed by atoms with Gasteiger partial charge < -0.3 is 4.90 Å². The standard InChI is InChI=1S/C23H18N6O/c1-27-19-9-16(23(30)28-12-14-2-5-17(28)8-14)4-6-18(19)22(26-27)20-11-25-21-7-3-15(10-24)13-29(20)21/h3-4,6-7,9,11-13,17H,2,5,8H2,1H3. The molecule has 7 nitrogen and oxygen atoms in total. The Hall–Kier alpha value is -3.92. The van der Waals surface area contributed by atoms with Gasteiger partial charge in [-0.05, 0) is 49.6 Å². The van der Waals surface area contributed by atoms with E-state index in [9.17, 15) is 10.1 Å². The summed E-state index contributed by atoms with van der Waals surface area (Å²) < 4.78 is 3.68. The number of aryl methyl sites for hydroxylation is 1. The molecule has 3 aromatic heterocycles. The van der Waals surface area contributed by atoms with Crippen LogP contribution in [-0.2, 0) is 7.05 Å². The lowest BCUT2D eigenvalue weighted by molar-refractivity contribution is 0.0781. The van der Waals surface area contributed by atoms with Gasteiger partial charge in [0.05, 0.1) is 23.0 Å². The molecule has 4 aromatic rings. The highest BCUT2D eigenvalue weighted by Gasteiger charge is 2.34. The quantitative estimate of drug-likeness (QED) is 0.520. The molecule has 1 amide bonds. The molecule has 4 heterocycles. The maximum Gasteiger partial charge on any atom is 0.258 e. The van der Waals surface area contributed by atoms with Crippen LogP contribution in [0, 0.1) is 11.3 Å². The maximum absolute atomic E-state index is 13.1. The first-order valence-corrected chi connectivity index (χ1v) is 9.99. The fraction of sp³-hybridized carbons (Fsp3) is 0.217. The van der Waals surface area contributed by atoms with Crippen LogP contribution < -0.4 is 0 Å². The van der Waals surface area contributed by atoms with Crippen LogP contribution in [-0.4, -0.2) is 36.0 Å². The number of hydrogen-bond acceptors (Lipinski definition) is 4. The number of hydrogen-bond donors (Lipinski definition) is 0. The second-order valence-corrected chi connectivity index (χ2v) is 8.00. The average molecular weight is 394 g/mol. The molecule has 2 aliphatic rings. The van der Waals surface area contributed by atoms with Gasteiger partial charge in [-0.1, -0.05) is 5.57 Å². The number of imidazole rings is 1. The van der Waals surface area contributed by atoms with E-state index >= 15 is 0 Å². The Balaban J connectivity index is 1.45. The Bertz CT molecular complexity index is 1430. The lowest BCUT2D eigenvalue weighted by Gasteiger charge is -2.23. The van der Waals surface area contributed by atoms with E-state index in [0.29, 0.717) is 17.2 Å². The van der Waals surface area contributed by atoms with Crippen LogP contribution in [0.1, 0.15) is 35.2 Å². The third-order valence-electron chi connectivity index (χ3n) is 6.22. The normalized spacial score (nSPS) is 17.7. The van der Waals surface area contributed by atoms with Gasteiger partial charge in [-0.25, -0.2) is 4.98 Å². The highest BCUT2D eigenvalue weighted by Crippen LogP contribution is 2.37. The molecule has 1 atom stereocenters. The minimum atomic E-state index is 0.0489. The van der Waals surface area contributed by atoms with Crippen LogP contribution >= 0.6 is 0 Å². The zero-order chi connectivity index (χ0) is 20.4. The van der Waals surface area contributed by atoms with Crippen molar-refractivity contribution in [3.8, 4) is 17.5 Å². The first kappa shape index (κ1) is 17.0. The van der Waals surface area contributed by atoms with Gasteiger partial charge in [-0.15, -0.1) is 0 Å². The Labute approximate surface area is 172 Å². The summed E-state index contributed by atoms with van der Waals surface area (Å²) in [5.41, 5.74) is 5.84. The van der Waals surface area contributed by atoms with E-state index in [1.165, 1.54) is 5.57 Å². The summed E-state index contributed by atoms with van der Waals surface area (Å²) in [6.45, 7) is 0. The van der Waals surface area contributed by atoms with E-state index in [1.807, 2.05) is 46.8 Å². The lowest BCUT2D eigenvalue weighted by Crippen LogP contribution is -2.32. The third-order valence-corrected chi connectivity index (χ3v) is 6.22. The van der Waals surface area contributed by atoms with Crippen LogP contribution in [0.4, 0.5) is 0 Å². The van der Waals surface area contributed by atoms with Gasteiger partial charge >= 0.3 is 0 Å². The molecule has 0 N–H and O–H groups in total. The Morgan fingerprint density at radius 2 is 2.17 bits per heavy atom. The van der Waals surface area contributed by atoms with Gasteiger partial charge in [0.1, 0.15) is 17.4 Å². The molecule has 1 aliphatic carbocycles. The van der Waals surface area contributed by atoms with Crippen LogP contribution in [0.2, 0.25) is 0 Å². The Morgan fingerprint density at radius 3 is 2.93 bits per heavy atom. The maximum atomic E-state index is 13.1. The number of carbonyl (C=O) groups is 1. The van der Waals surface area contributed by atoms with Gasteiger partial charge in [-0.3, -0.25) is 13.9 Å². The summed E-state index contributed by atoms with van der Waals surface area (Å²) in [5.74, 6) is 0.0489. The van der Waals surface area contributed by atoms with Crippen molar-refractivity contribution in [2.45, 2.75) is 25.3 Å². The molecular formula is C23H18N6O. The third kappa shape index (κ3) is 2.34. The molecule has 6 rings (SSSR count). The average Bonchev–Trinajstić information content (AvgIpc) is 3.55. The molecule has 7 heteroatoms. The van der Waals surface area contributed by atoms with Gasteiger partial charge in [0.25, 0.3) is 5.91 Å². The first-order valence-electron chi connectivity index (χ1n) is 9.99. The highest BCUT2D eigenvalue weighted by atomic mass is 16.2.